The maximum Gasteiger partial charge on any atom is 0.359 e. The van der Waals surface area contributed by atoms with E-state index in [1.165, 1.54) is 0 Å². The number of imidazole rings is 1. The number of rotatable bonds is 9. The highest BCUT2D eigenvalue weighted by atomic mass is 16.5. The molecule has 0 fully saturated rings. The Bertz CT molecular complexity index is 1010. The van der Waals surface area contributed by atoms with Gasteiger partial charge in [0.2, 0.25) is 11.9 Å². The molecule has 162 valence electrons. The number of nitrogens with one attached hydrogen (secondary N) is 1. The molecule has 1 amide bonds. The summed E-state index contributed by atoms with van der Waals surface area (Å²) in [4.78, 5) is 32.1. The van der Waals surface area contributed by atoms with E-state index < -0.39 is 5.97 Å². The molecule has 0 atom stereocenters. The molecule has 0 saturated carbocycles. The van der Waals surface area contributed by atoms with Gasteiger partial charge in [-0.3, -0.25) is 9.36 Å². The van der Waals surface area contributed by atoms with E-state index in [0.717, 1.165) is 24.1 Å². The second-order valence-electron chi connectivity index (χ2n) is 7.37. The smallest absolute Gasteiger partial charge is 0.359 e. The van der Waals surface area contributed by atoms with E-state index in [9.17, 15) is 9.59 Å². The second-order valence-corrected chi connectivity index (χ2v) is 7.37. The van der Waals surface area contributed by atoms with Crippen LogP contribution in [0.3, 0.4) is 0 Å². The molecular formula is C24H28N4O3. The van der Waals surface area contributed by atoms with Crippen LogP contribution in [0.5, 0.6) is 0 Å². The molecule has 0 spiro atoms. The zero-order valence-corrected chi connectivity index (χ0v) is 18.2. The maximum absolute atomic E-state index is 13.1. The molecule has 0 radical (unpaired) electrons. The monoisotopic (exact) mass is 420 g/mol. The standard InChI is InChI=1S/C24H28N4O3/c1-4-5-16-31-23(30)21-22(25-20(29)17-18-12-8-6-9-13-18)26-24(27(2)3)28(21)19-14-10-7-11-15-19/h6-15H,4-5,16-17H2,1-3H3,(H,25,29). The van der Waals surface area contributed by atoms with Crippen molar-refractivity contribution >= 4 is 23.6 Å². The van der Waals surface area contributed by atoms with Gasteiger partial charge < -0.3 is 15.0 Å². The summed E-state index contributed by atoms with van der Waals surface area (Å²) in [6, 6.07) is 18.9. The molecule has 31 heavy (non-hydrogen) atoms. The third kappa shape index (κ3) is 5.51. The molecule has 1 aromatic heterocycles. The van der Waals surface area contributed by atoms with Crippen molar-refractivity contribution in [1.29, 1.82) is 0 Å². The van der Waals surface area contributed by atoms with Crippen LogP contribution in [0.2, 0.25) is 0 Å². The maximum atomic E-state index is 13.1. The van der Waals surface area contributed by atoms with Gasteiger partial charge in [0.1, 0.15) is 0 Å². The van der Waals surface area contributed by atoms with E-state index in [0.29, 0.717) is 12.6 Å². The van der Waals surface area contributed by atoms with Crippen LogP contribution in [0.4, 0.5) is 11.8 Å². The first-order valence-corrected chi connectivity index (χ1v) is 10.4. The number of ether oxygens (including phenoxy) is 1. The number of unbranched alkanes of at least 4 members (excludes halogenated alkanes) is 1. The zero-order valence-electron chi connectivity index (χ0n) is 18.2. The number of hydrogen-bond acceptors (Lipinski definition) is 5. The summed E-state index contributed by atoms with van der Waals surface area (Å²) in [5.41, 5.74) is 1.83. The van der Waals surface area contributed by atoms with E-state index in [1.807, 2.05) is 81.7 Å². The van der Waals surface area contributed by atoms with Crippen LogP contribution in [0.15, 0.2) is 60.7 Å². The highest BCUT2D eigenvalue weighted by molar-refractivity contribution is 6.01. The van der Waals surface area contributed by atoms with Gasteiger partial charge >= 0.3 is 5.97 Å². The van der Waals surface area contributed by atoms with Gasteiger partial charge in [0.15, 0.2) is 11.5 Å². The van der Waals surface area contributed by atoms with Crippen molar-refractivity contribution in [1.82, 2.24) is 9.55 Å². The largest absolute Gasteiger partial charge is 0.461 e. The van der Waals surface area contributed by atoms with Crippen molar-refractivity contribution in [2.24, 2.45) is 0 Å². The van der Waals surface area contributed by atoms with Gasteiger partial charge in [-0.25, -0.2) is 4.79 Å². The van der Waals surface area contributed by atoms with E-state index in [2.05, 4.69) is 10.3 Å². The number of nitrogens with zero attached hydrogens (tertiary/aromatic N) is 3. The number of amides is 1. The zero-order chi connectivity index (χ0) is 22.2. The Morgan fingerprint density at radius 3 is 2.29 bits per heavy atom. The normalized spacial score (nSPS) is 10.5. The molecule has 1 N–H and O–H groups in total. The topological polar surface area (TPSA) is 76.5 Å². The molecule has 3 rings (SSSR count). The Kier molecular flexibility index (Phi) is 7.43. The molecule has 3 aromatic rings. The lowest BCUT2D eigenvalue weighted by molar-refractivity contribution is -0.115. The number of carbonyl (C=O) groups excluding carboxylic acids is 2. The molecular weight excluding hydrogens is 392 g/mol. The van der Waals surface area contributed by atoms with Crippen molar-refractivity contribution in [3.63, 3.8) is 0 Å². The van der Waals surface area contributed by atoms with Gasteiger partial charge in [0.05, 0.1) is 13.0 Å². The summed E-state index contributed by atoms with van der Waals surface area (Å²) in [7, 11) is 3.67. The molecule has 0 aliphatic heterocycles. The van der Waals surface area contributed by atoms with Crippen molar-refractivity contribution in [2.45, 2.75) is 26.2 Å². The van der Waals surface area contributed by atoms with Crippen molar-refractivity contribution in [3.05, 3.63) is 71.9 Å². The Balaban J connectivity index is 2.00. The van der Waals surface area contributed by atoms with E-state index in [4.69, 9.17) is 4.74 Å². The van der Waals surface area contributed by atoms with Crippen LogP contribution in [-0.2, 0) is 16.0 Å². The minimum Gasteiger partial charge on any atom is -0.461 e. The predicted octanol–water partition coefficient (Wildman–Crippen LogP) is 4.08. The number of aromatic nitrogens is 2. The number of benzene rings is 2. The van der Waals surface area contributed by atoms with Crippen LogP contribution < -0.4 is 10.2 Å². The third-order valence-corrected chi connectivity index (χ3v) is 4.66. The summed E-state index contributed by atoms with van der Waals surface area (Å²) in [6.07, 6.45) is 1.86. The average Bonchev–Trinajstić information content (AvgIpc) is 3.14. The lowest BCUT2D eigenvalue weighted by Crippen LogP contribution is -2.20. The highest BCUT2D eigenvalue weighted by Gasteiger charge is 2.27. The highest BCUT2D eigenvalue weighted by Crippen LogP contribution is 2.28. The first kappa shape index (κ1) is 22.1. The number of carbonyl (C=O) groups is 2. The number of hydrogen-bond donors (Lipinski definition) is 1. The lowest BCUT2D eigenvalue weighted by atomic mass is 10.1. The number of esters is 1. The Hall–Kier alpha value is -3.61. The van der Waals surface area contributed by atoms with Gasteiger partial charge in [0, 0.05) is 19.8 Å². The summed E-state index contributed by atoms with van der Waals surface area (Å²) in [6.45, 7) is 2.34. The van der Waals surface area contributed by atoms with Crippen molar-refractivity contribution < 1.29 is 14.3 Å². The van der Waals surface area contributed by atoms with Crippen LogP contribution in [-0.4, -0.2) is 42.1 Å². The average molecular weight is 421 g/mol. The predicted molar refractivity (Wildman–Crippen MR) is 122 cm³/mol. The molecule has 0 bridgehead atoms. The molecule has 0 unspecified atom stereocenters. The summed E-state index contributed by atoms with van der Waals surface area (Å²) >= 11 is 0. The van der Waals surface area contributed by atoms with E-state index >= 15 is 0 Å². The number of para-hydroxylation sites is 1. The summed E-state index contributed by atoms with van der Waals surface area (Å²) in [5, 5.41) is 2.82. The second kappa shape index (κ2) is 10.4. The van der Waals surface area contributed by atoms with Crippen molar-refractivity contribution in [2.75, 3.05) is 30.9 Å². The fraction of sp³-hybridized carbons (Fsp3) is 0.292. The lowest BCUT2D eigenvalue weighted by Gasteiger charge is -2.16. The molecule has 0 aliphatic carbocycles. The third-order valence-electron chi connectivity index (χ3n) is 4.66. The quantitative estimate of drug-likeness (QED) is 0.417. The SMILES string of the molecule is CCCCOC(=O)c1c(NC(=O)Cc2ccccc2)nc(N(C)C)n1-c1ccccc1. The minimum absolute atomic E-state index is 0.181. The van der Waals surface area contributed by atoms with Crippen LogP contribution in [0, 0.1) is 0 Å². The fourth-order valence-electron chi connectivity index (χ4n) is 3.14. The molecule has 2 aromatic carbocycles. The molecule has 0 saturated heterocycles. The Labute approximate surface area is 182 Å². The minimum atomic E-state index is -0.520. The molecule has 1 heterocycles. The summed E-state index contributed by atoms with van der Waals surface area (Å²) in [5.74, 6) is -0.0663. The Morgan fingerprint density at radius 1 is 1.03 bits per heavy atom. The van der Waals surface area contributed by atoms with Gasteiger partial charge in [-0.2, -0.15) is 4.98 Å². The molecule has 0 aliphatic rings. The Morgan fingerprint density at radius 2 is 1.68 bits per heavy atom. The fourth-order valence-corrected chi connectivity index (χ4v) is 3.14. The van der Waals surface area contributed by atoms with Gasteiger partial charge in [0.25, 0.3) is 0 Å². The van der Waals surface area contributed by atoms with E-state index in [-0.39, 0.29) is 23.8 Å². The first-order chi connectivity index (χ1) is 15.0. The number of anilines is 2. The van der Waals surface area contributed by atoms with Crippen LogP contribution in [0.1, 0.15) is 35.8 Å². The molecule has 7 heteroatoms. The van der Waals surface area contributed by atoms with Crippen molar-refractivity contribution in [3.8, 4) is 5.69 Å². The van der Waals surface area contributed by atoms with Gasteiger partial charge in [-0.1, -0.05) is 61.9 Å². The van der Waals surface area contributed by atoms with Crippen LogP contribution in [0.25, 0.3) is 5.69 Å². The van der Waals surface area contributed by atoms with Gasteiger partial charge in [-0.05, 0) is 24.1 Å². The molecule has 7 nitrogen and oxygen atoms in total. The van der Waals surface area contributed by atoms with Gasteiger partial charge in [-0.15, -0.1) is 0 Å². The van der Waals surface area contributed by atoms with E-state index in [1.54, 1.807) is 9.47 Å². The first-order valence-electron chi connectivity index (χ1n) is 10.4. The van der Waals surface area contributed by atoms with Crippen LogP contribution >= 0.6 is 0 Å². The summed E-state index contributed by atoms with van der Waals surface area (Å²) < 4.78 is 7.21.